The summed E-state index contributed by atoms with van der Waals surface area (Å²) in [5, 5.41) is 2.02. The van der Waals surface area contributed by atoms with E-state index in [0.717, 1.165) is 14.9 Å². The first-order valence-corrected chi connectivity index (χ1v) is 6.15. The quantitative estimate of drug-likeness (QED) is 0.764. The van der Waals surface area contributed by atoms with Crippen LogP contribution in [0, 0.1) is 6.92 Å². The minimum atomic E-state index is 0.462. The van der Waals surface area contributed by atoms with Crippen molar-refractivity contribution in [2.45, 2.75) is 16.8 Å². The van der Waals surface area contributed by atoms with Crippen molar-refractivity contribution in [2.75, 3.05) is 0 Å². The Morgan fingerprint density at radius 1 is 1.06 bits per heavy atom. The maximum absolute atomic E-state index is 5.86. The standard InChI is InChI=1S/C11H8Cl2N2S/c1-7-14-10(13)6-11(15-7)16-9-4-2-8(12)3-5-9/h2-6H,1H3. The second-order valence-corrected chi connectivity index (χ2v) is 5.05. The van der Waals surface area contributed by atoms with Crippen molar-refractivity contribution < 1.29 is 0 Å². The minimum Gasteiger partial charge on any atom is -0.226 e. The van der Waals surface area contributed by atoms with Gasteiger partial charge in [0.1, 0.15) is 16.0 Å². The number of benzene rings is 1. The fourth-order valence-corrected chi connectivity index (χ4v) is 2.46. The molecule has 0 fully saturated rings. The molecule has 2 nitrogen and oxygen atoms in total. The molecule has 0 aliphatic carbocycles. The highest BCUT2D eigenvalue weighted by Gasteiger charge is 2.02. The number of hydrogen-bond acceptors (Lipinski definition) is 3. The Hall–Kier alpha value is -0.770. The molecule has 0 atom stereocenters. The molecule has 0 radical (unpaired) electrons. The lowest BCUT2D eigenvalue weighted by Gasteiger charge is -2.02. The Kier molecular flexibility index (Phi) is 3.69. The van der Waals surface area contributed by atoms with Gasteiger partial charge in [0.2, 0.25) is 0 Å². The van der Waals surface area contributed by atoms with Crippen LogP contribution >= 0.6 is 35.0 Å². The van der Waals surface area contributed by atoms with Crippen LogP contribution in [0.15, 0.2) is 40.3 Å². The maximum Gasteiger partial charge on any atom is 0.133 e. The monoisotopic (exact) mass is 270 g/mol. The van der Waals surface area contributed by atoms with Gasteiger partial charge in [-0.05, 0) is 31.2 Å². The van der Waals surface area contributed by atoms with Crippen LogP contribution in [0.1, 0.15) is 5.82 Å². The molecule has 82 valence electrons. The van der Waals surface area contributed by atoms with Crippen molar-refractivity contribution in [3.63, 3.8) is 0 Å². The van der Waals surface area contributed by atoms with Crippen molar-refractivity contribution in [1.29, 1.82) is 0 Å². The summed E-state index contributed by atoms with van der Waals surface area (Å²) in [6.45, 7) is 1.82. The Morgan fingerprint density at radius 2 is 1.75 bits per heavy atom. The number of hydrogen-bond donors (Lipinski definition) is 0. The van der Waals surface area contributed by atoms with Gasteiger partial charge in [0, 0.05) is 16.0 Å². The summed E-state index contributed by atoms with van der Waals surface area (Å²) in [4.78, 5) is 9.36. The molecule has 0 N–H and O–H groups in total. The molecule has 0 amide bonds. The first-order chi connectivity index (χ1) is 7.63. The first-order valence-electron chi connectivity index (χ1n) is 4.58. The molecule has 5 heteroatoms. The molecule has 0 unspecified atom stereocenters. The Morgan fingerprint density at radius 3 is 2.38 bits per heavy atom. The van der Waals surface area contributed by atoms with E-state index in [0.29, 0.717) is 11.0 Å². The van der Waals surface area contributed by atoms with Gasteiger partial charge < -0.3 is 0 Å². The topological polar surface area (TPSA) is 25.8 Å². The molecule has 1 aromatic carbocycles. The van der Waals surface area contributed by atoms with Gasteiger partial charge in [-0.1, -0.05) is 35.0 Å². The highest BCUT2D eigenvalue weighted by molar-refractivity contribution is 7.99. The minimum absolute atomic E-state index is 0.462. The first kappa shape index (κ1) is 11.7. The van der Waals surface area contributed by atoms with E-state index < -0.39 is 0 Å². The molecule has 16 heavy (non-hydrogen) atoms. The zero-order valence-electron chi connectivity index (χ0n) is 8.45. The van der Waals surface area contributed by atoms with Crippen LogP contribution in [0.3, 0.4) is 0 Å². The molecule has 1 aromatic heterocycles. The van der Waals surface area contributed by atoms with Crippen LogP contribution < -0.4 is 0 Å². The van der Waals surface area contributed by atoms with Gasteiger partial charge in [-0.25, -0.2) is 9.97 Å². The lowest BCUT2D eigenvalue weighted by molar-refractivity contribution is 0.968. The molecule has 0 aliphatic rings. The Balaban J connectivity index is 2.23. The highest BCUT2D eigenvalue weighted by atomic mass is 35.5. The fourth-order valence-electron chi connectivity index (χ4n) is 1.18. The van der Waals surface area contributed by atoms with Gasteiger partial charge in [-0.2, -0.15) is 0 Å². The van der Waals surface area contributed by atoms with Crippen molar-refractivity contribution in [1.82, 2.24) is 9.97 Å². The van der Waals surface area contributed by atoms with Crippen LogP contribution in [0.5, 0.6) is 0 Å². The second kappa shape index (κ2) is 5.04. The SMILES string of the molecule is Cc1nc(Cl)cc(Sc2ccc(Cl)cc2)n1. The van der Waals surface area contributed by atoms with E-state index in [1.165, 1.54) is 11.8 Å². The molecule has 0 spiro atoms. The third-order valence-corrected chi connectivity index (χ3v) is 3.19. The van der Waals surface area contributed by atoms with E-state index in [1.54, 1.807) is 6.07 Å². The highest BCUT2D eigenvalue weighted by Crippen LogP contribution is 2.28. The molecule has 0 saturated carbocycles. The van der Waals surface area contributed by atoms with Crippen molar-refractivity contribution in [3.05, 3.63) is 46.3 Å². The molecule has 2 rings (SSSR count). The lowest BCUT2D eigenvalue weighted by Crippen LogP contribution is -1.89. The van der Waals surface area contributed by atoms with Crippen molar-refractivity contribution in [2.24, 2.45) is 0 Å². The summed E-state index contributed by atoms with van der Waals surface area (Å²) < 4.78 is 0. The van der Waals surface area contributed by atoms with Crippen molar-refractivity contribution >= 4 is 35.0 Å². The summed E-state index contributed by atoms with van der Waals surface area (Å²) in [5.41, 5.74) is 0. The lowest BCUT2D eigenvalue weighted by atomic mass is 10.4. The molecule has 0 saturated heterocycles. The summed E-state index contributed by atoms with van der Waals surface area (Å²) >= 11 is 13.2. The molecular formula is C11H8Cl2N2S. The largest absolute Gasteiger partial charge is 0.226 e. The van der Waals surface area contributed by atoms with Gasteiger partial charge in [0.25, 0.3) is 0 Å². The predicted molar refractivity (Wildman–Crippen MR) is 67.4 cm³/mol. The van der Waals surface area contributed by atoms with Gasteiger partial charge in [-0.15, -0.1) is 0 Å². The van der Waals surface area contributed by atoms with Crippen molar-refractivity contribution in [3.8, 4) is 0 Å². The van der Waals surface area contributed by atoms with Gasteiger partial charge in [-0.3, -0.25) is 0 Å². The average Bonchev–Trinajstić information content (AvgIpc) is 2.20. The number of aryl methyl sites for hydroxylation is 1. The van der Waals surface area contributed by atoms with E-state index >= 15 is 0 Å². The Labute approximate surface area is 108 Å². The number of halogens is 2. The smallest absolute Gasteiger partial charge is 0.133 e. The van der Waals surface area contributed by atoms with Crippen LogP contribution in [0.4, 0.5) is 0 Å². The second-order valence-electron chi connectivity index (χ2n) is 3.13. The summed E-state index contributed by atoms with van der Waals surface area (Å²) in [6.07, 6.45) is 0. The maximum atomic E-state index is 5.86. The van der Waals surface area contributed by atoms with Gasteiger partial charge in [0.05, 0.1) is 0 Å². The van der Waals surface area contributed by atoms with Gasteiger partial charge >= 0.3 is 0 Å². The summed E-state index contributed by atoms with van der Waals surface area (Å²) in [6, 6.07) is 9.32. The van der Waals surface area contributed by atoms with Crippen LogP contribution in [-0.4, -0.2) is 9.97 Å². The molecule has 0 bridgehead atoms. The Bertz CT molecular complexity index is 480. The average molecular weight is 271 g/mol. The van der Waals surface area contributed by atoms with Crippen LogP contribution in [0.2, 0.25) is 10.2 Å². The van der Waals surface area contributed by atoms with E-state index in [4.69, 9.17) is 23.2 Å². The number of aromatic nitrogens is 2. The predicted octanol–water partition coefficient (Wildman–Crippen LogP) is 4.24. The van der Waals surface area contributed by atoms with Gasteiger partial charge in [0.15, 0.2) is 0 Å². The third-order valence-electron chi connectivity index (χ3n) is 1.82. The fraction of sp³-hybridized carbons (Fsp3) is 0.0909. The van der Waals surface area contributed by atoms with E-state index in [-0.39, 0.29) is 0 Å². The zero-order chi connectivity index (χ0) is 11.5. The molecule has 2 aromatic rings. The molecule has 1 heterocycles. The summed E-state index contributed by atoms with van der Waals surface area (Å²) in [7, 11) is 0. The summed E-state index contributed by atoms with van der Waals surface area (Å²) in [5.74, 6) is 0.670. The third kappa shape index (κ3) is 3.11. The van der Waals surface area contributed by atoms with Crippen LogP contribution in [-0.2, 0) is 0 Å². The zero-order valence-corrected chi connectivity index (χ0v) is 10.8. The number of rotatable bonds is 2. The van der Waals surface area contributed by atoms with E-state index in [9.17, 15) is 0 Å². The number of nitrogens with zero attached hydrogens (tertiary/aromatic N) is 2. The molecular weight excluding hydrogens is 263 g/mol. The van der Waals surface area contributed by atoms with Crippen LogP contribution in [0.25, 0.3) is 0 Å². The normalized spacial score (nSPS) is 10.4. The molecule has 0 aliphatic heterocycles. The van der Waals surface area contributed by atoms with E-state index in [2.05, 4.69) is 9.97 Å². The van der Waals surface area contributed by atoms with E-state index in [1.807, 2.05) is 31.2 Å².